The Labute approximate surface area is 403 Å². The van der Waals surface area contributed by atoms with Crippen molar-refractivity contribution in [3.8, 4) is 28.6 Å². The van der Waals surface area contributed by atoms with Crippen LogP contribution in [0.3, 0.4) is 0 Å². The summed E-state index contributed by atoms with van der Waals surface area (Å²) < 4.78 is 72.7. The molecule has 1 aliphatic carbocycles. The van der Waals surface area contributed by atoms with Crippen LogP contribution < -0.4 is 18.7 Å². The lowest BCUT2D eigenvalue weighted by Gasteiger charge is -2.38. The maximum atomic E-state index is 13.9. The number of aromatic nitrogens is 2. The number of esters is 1. The Kier molecular flexibility index (Phi) is 15.1. The Morgan fingerprint density at radius 1 is 0.944 bits per heavy atom. The van der Waals surface area contributed by atoms with E-state index in [2.05, 4.69) is 10.0 Å². The highest BCUT2D eigenvalue weighted by Crippen LogP contribution is 2.44. The van der Waals surface area contributed by atoms with Gasteiger partial charge in [0.2, 0.25) is 6.29 Å². The molecule has 4 aromatic rings. The average molecular weight is 1010 g/mol. The summed E-state index contributed by atoms with van der Waals surface area (Å²) >= 11 is 0. The van der Waals surface area contributed by atoms with E-state index in [9.17, 15) is 53.1 Å². The number of aryl methyl sites for hydroxylation is 2. The number of aliphatic hydroxyl groups excluding tert-OH is 3. The van der Waals surface area contributed by atoms with Crippen molar-refractivity contribution in [3.05, 3.63) is 90.6 Å². The second-order valence-corrected chi connectivity index (χ2v) is 18.1. The first-order valence-corrected chi connectivity index (χ1v) is 23.8. The predicted molar refractivity (Wildman–Crippen MR) is 242 cm³/mol. The number of carbonyl (C=O) groups is 3. The van der Waals surface area contributed by atoms with Crippen molar-refractivity contribution >= 4 is 39.1 Å². The number of fused-ring (bicyclic) bond motifs is 5. The van der Waals surface area contributed by atoms with E-state index in [4.69, 9.17) is 47.3 Å². The lowest BCUT2D eigenvalue weighted by atomic mass is 9.85. The number of ether oxygens (including phenoxy) is 6. The molecule has 5 heterocycles. The molecule has 0 radical (unpaired) electrons. The molecule has 1 amide bonds. The summed E-state index contributed by atoms with van der Waals surface area (Å²) in [5.41, 5.74) is 9.35. The molecule has 3 aliphatic heterocycles. The molecule has 2 aromatic heterocycles. The topological polar surface area (TPSA) is 347 Å². The van der Waals surface area contributed by atoms with Crippen LogP contribution in [0.1, 0.15) is 57.9 Å². The monoisotopic (exact) mass is 1010 g/mol. The number of aliphatic hydroxyl groups is 4. The molecule has 8 rings (SSSR count). The first kappa shape index (κ1) is 50.9. The zero-order chi connectivity index (χ0) is 50.8. The minimum Gasteiger partial charge on any atom is -0.479 e. The molecule has 4 aliphatic rings. The minimum atomic E-state index is -5.18. The number of carboxylic acid groups (broad SMARTS) is 1. The van der Waals surface area contributed by atoms with Crippen LogP contribution in [0.5, 0.6) is 17.2 Å². The predicted octanol–water partition coefficient (Wildman–Crippen LogP) is 0.974. The Morgan fingerprint density at radius 2 is 1.68 bits per heavy atom. The number of nitrogens with zero attached hydrogens (tertiary/aromatic N) is 6. The van der Waals surface area contributed by atoms with Gasteiger partial charge in [-0.3, -0.25) is 9.59 Å². The number of pyridine rings is 2. The lowest BCUT2D eigenvalue weighted by molar-refractivity contribution is -0.271. The maximum absolute atomic E-state index is 13.9. The first-order chi connectivity index (χ1) is 34.0. The highest BCUT2D eigenvalue weighted by Gasteiger charge is 2.49. The molecule has 26 heteroatoms. The van der Waals surface area contributed by atoms with E-state index in [0.29, 0.717) is 41.7 Å². The van der Waals surface area contributed by atoms with Crippen molar-refractivity contribution in [3.63, 3.8) is 0 Å². The molecule has 0 saturated carbocycles. The Balaban J connectivity index is 1.04. The molecule has 6 atom stereocenters. The van der Waals surface area contributed by atoms with Crippen molar-refractivity contribution in [2.45, 2.75) is 82.1 Å². The van der Waals surface area contributed by atoms with Crippen molar-refractivity contribution in [1.29, 1.82) is 0 Å². The molecule has 2 aromatic carbocycles. The largest absolute Gasteiger partial charge is 0.501 e. The van der Waals surface area contributed by atoms with Gasteiger partial charge in [0.15, 0.2) is 23.2 Å². The number of likely N-dealkylation sites (N-methyl/N-ethyl adjacent to an activating group) is 1. The van der Waals surface area contributed by atoms with Crippen molar-refractivity contribution in [2.24, 2.45) is 5.11 Å². The number of aliphatic carboxylic acids is 1. The summed E-state index contributed by atoms with van der Waals surface area (Å²) in [5.74, 6) is -4.66. The van der Waals surface area contributed by atoms with Gasteiger partial charge in [0, 0.05) is 53.2 Å². The standard InChI is InChI=1S/C45H50N6O19S/c1-3-45(60)29-20-31-35-27(21-51(31)41(56)28(29)22-66-44(45)59)26-6-4-5-23-17-25(19-30(48-35)34(23)26)69-71(61,62)70-33-18-24(7-8-32(33)67-43-38(54)36(52)37(53)39(68-43)42(57)58)40(55)50(2)10-12-64-14-16-65-15-13-63-11-9-47-49-46/h7-8,17-20,36-39,43,52-54,60H,3-6,9-16,21-22H2,1-2H3,(H,57,58)/t36-,37-,38+,39-,43?,45-/m0/s1. The molecule has 0 spiro atoms. The molecule has 1 fully saturated rings. The van der Waals surface area contributed by atoms with Gasteiger partial charge in [-0.15, -0.1) is 8.42 Å². The van der Waals surface area contributed by atoms with Gasteiger partial charge in [-0.2, -0.15) is 0 Å². The summed E-state index contributed by atoms with van der Waals surface area (Å²) in [4.78, 5) is 60.9. The molecular formula is C45H50N6O19S. The van der Waals surface area contributed by atoms with Crippen LogP contribution in [0.4, 0.5) is 0 Å². The molecule has 25 nitrogen and oxygen atoms in total. The van der Waals surface area contributed by atoms with Gasteiger partial charge < -0.3 is 71.8 Å². The van der Waals surface area contributed by atoms with Crippen molar-refractivity contribution in [2.75, 3.05) is 59.8 Å². The number of cyclic esters (lactones) is 1. The van der Waals surface area contributed by atoms with Gasteiger partial charge in [0.05, 0.1) is 68.7 Å². The van der Waals surface area contributed by atoms with E-state index in [0.717, 1.165) is 28.6 Å². The van der Waals surface area contributed by atoms with Gasteiger partial charge in [-0.25, -0.2) is 14.6 Å². The number of azide groups is 1. The first-order valence-electron chi connectivity index (χ1n) is 22.5. The summed E-state index contributed by atoms with van der Waals surface area (Å²) in [6.45, 7) is 3.03. The van der Waals surface area contributed by atoms with Crippen LogP contribution in [0.15, 0.2) is 46.3 Å². The summed E-state index contributed by atoms with van der Waals surface area (Å²) in [7, 11) is -3.73. The molecule has 0 bridgehead atoms. The fourth-order valence-electron chi connectivity index (χ4n) is 8.88. The molecule has 1 saturated heterocycles. The number of rotatable bonds is 21. The van der Waals surface area contributed by atoms with E-state index in [1.165, 1.54) is 34.7 Å². The molecular weight excluding hydrogens is 961 g/mol. The summed E-state index contributed by atoms with van der Waals surface area (Å²) in [5, 5.41) is 56.4. The minimum absolute atomic E-state index is 0.0545. The van der Waals surface area contributed by atoms with E-state index >= 15 is 0 Å². The highest BCUT2D eigenvalue weighted by molar-refractivity contribution is 7.82. The molecule has 71 heavy (non-hydrogen) atoms. The average Bonchev–Trinajstić information content (AvgIpc) is 3.72. The SMILES string of the molecule is CC[C@@]1(O)C(=O)OCc2c1cc1n(c2=O)Cc2c-1nc1cc(OS(=O)(=O)Oc3cc(C(=O)N(C)CCOCCOCCOCCN=[N+]=[N-])ccc3OC3O[C@H](C(=O)O)[C@@H](O)[C@H](O)[C@H]3O)cc3c1c2CCC3. The fourth-order valence-corrected chi connectivity index (χ4v) is 9.60. The maximum Gasteiger partial charge on any atom is 0.501 e. The third kappa shape index (κ3) is 10.3. The fraction of sp³-hybridized carbons (Fsp3) is 0.489. The summed E-state index contributed by atoms with van der Waals surface area (Å²) in [6.07, 6.45) is -8.58. The smallest absolute Gasteiger partial charge is 0.479 e. The van der Waals surface area contributed by atoms with Crippen LogP contribution >= 0.6 is 0 Å². The van der Waals surface area contributed by atoms with E-state index in [-0.39, 0.29) is 94.7 Å². The normalized spacial score (nSPS) is 22.1. The van der Waals surface area contributed by atoms with Gasteiger partial charge in [-0.1, -0.05) is 12.0 Å². The Hall–Kier alpha value is -6.45. The molecule has 1 unspecified atom stereocenters. The van der Waals surface area contributed by atoms with Crippen LogP contribution in [0.2, 0.25) is 0 Å². The number of carbonyl (C=O) groups excluding carboxylic acids is 2. The number of hydrogen-bond donors (Lipinski definition) is 5. The Morgan fingerprint density at radius 3 is 2.39 bits per heavy atom. The van der Waals surface area contributed by atoms with Gasteiger partial charge in [0.25, 0.3) is 11.5 Å². The van der Waals surface area contributed by atoms with Gasteiger partial charge >= 0.3 is 22.3 Å². The van der Waals surface area contributed by atoms with Crippen LogP contribution in [0.25, 0.3) is 32.7 Å². The third-order valence-corrected chi connectivity index (χ3v) is 13.3. The van der Waals surface area contributed by atoms with Crippen molar-refractivity contribution < 1.29 is 85.1 Å². The van der Waals surface area contributed by atoms with Crippen LogP contribution in [-0.2, 0) is 75.3 Å². The number of amides is 1. The number of benzene rings is 2. The zero-order valence-electron chi connectivity index (χ0n) is 38.3. The summed E-state index contributed by atoms with van der Waals surface area (Å²) in [6, 6.07) is 7.74. The zero-order valence-corrected chi connectivity index (χ0v) is 39.1. The molecule has 380 valence electrons. The Bertz CT molecular complexity index is 2960. The molecule has 5 N–H and O–H groups in total. The third-order valence-electron chi connectivity index (χ3n) is 12.5. The van der Waals surface area contributed by atoms with Crippen LogP contribution in [-0.4, -0.2) is 157 Å². The number of hydrogen-bond acceptors (Lipinski definition) is 20. The van der Waals surface area contributed by atoms with Gasteiger partial charge in [0.1, 0.15) is 30.7 Å². The van der Waals surface area contributed by atoms with E-state index in [1.54, 1.807) is 13.0 Å². The van der Waals surface area contributed by atoms with Crippen molar-refractivity contribution in [1.82, 2.24) is 14.5 Å². The highest BCUT2D eigenvalue weighted by atomic mass is 32.3. The van der Waals surface area contributed by atoms with E-state index < -0.39 is 81.6 Å². The lowest BCUT2D eigenvalue weighted by Crippen LogP contribution is -2.61. The van der Waals surface area contributed by atoms with E-state index in [1.807, 2.05) is 0 Å². The second-order valence-electron chi connectivity index (χ2n) is 17.0. The number of carboxylic acids is 1. The van der Waals surface area contributed by atoms with Crippen LogP contribution in [0, 0.1) is 0 Å². The second kappa shape index (κ2) is 21.1. The quantitative estimate of drug-likeness (QED) is 0.0225. The van der Waals surface area contributed by atoms with Gasteiger partial charge in [-0.05, 0) is 72.7 Å².